The Bertz CT molecular complexity index is 510. The summed E-state index contributed by atoms with van der Waals surface area (Å²) in [6.07, 6.45) is 1.52. The number of carbonyl (C=O) groups is 1. The van der Waals surface area contributed by atoms with E-state index in [4.69, 9.17) is 11.6 Å². The van der Waals surface area contributed by atoms with E-state index in [1.807, 2.05) is 0 Å². The molecule has 0 radical (unpaired) electrons. The minimum absolute atomic E-state index is 0.260. The zero-order valence-corrected chi connectivity index (χ0v) is 9.25. The topological polar surface area (TPSA) is 70.7 Å². The van der Waals surface area contributed by atoms with Crippen LogP contribution in [0.5, 0.6) is 0 Å². The van der Waals surface area contributed by atoms with Gasteiger partial charge in [-0.15, -0.1) is 0 Å². The predicted molar refractivity (Wildman–Crippen MR) is 60.5 cm³/mol. The second-order valence-corrected chi connectivity index (χ2v) is 3.58. The number of nitrogens with one attached hydrogen (secondary N) is 2. The summed E-state index contributed by atoms with van der Waals surface area (Å²) in [4.78, 5) is 15.7. The maximum Gasteiger partial charge on any atom is 0.273 e. The molecule has 2 N–H and O–H groups in total. The highest BCUT2D eigenvalue weighted by Gasteiger charge is 2.09. The molecule has 0 saturated heterocycles. The number of carbonyl (C=O) groups excluding carboxylic acids is 1. The number of aromatic amines is 1. The molecule has 16 heavy (non-hydrogen) atoms. The fraction of sp³-hybridized carbons (Fsp3) is 0.100. The number of aryl methyl sites for hydroxylation is 1. The Hall–Kier alpha value is -1.88. The first-order valence-corrected chi connectivity index (χ1v) is 4.98. The first kappa shape index (κ1) is 10.6. The lowest BCUT2D eigenvalue weighted by Gasteiger charge is -2.06. The molecule has 0 aromatic carbocycles. The van der Waals surface area contributed by atoms with Gasteiger partial charge in [-0.05, 0) is 25.1 Å². The van der Waals surface area contributed by atoms with Crippen molar-refractivity contribution in [3.63, 3.8) is 0 Å². The minimum Gasteiger partial charge on any atom is -0.319 e. The Morgan fingerprint density at radius 1 is 1.44 bits per heavy atom. The van der Waals surface area contributed by atoms with Gasteiger partial charge in [0.25, 0.3) is 5.91 Å². The van der Waals surface area contributed by atoms with Gasteiger partial charge in [0.15, 0.2) is 0 Å². The van der Waals surface area contributed by atoms with Crippen LogP contribution in [0.15, 0.2) is 24.4 Å². The van der Waals surface area contributed by atoms with Crippen molar-refractivity contribution in [1.29, 1.82) is 0 Å². The maximum atomic E-state index is 11.7. The largest absolute Gasteiger partial charge is 0.319 e. The summed E-state index contributed by atoms with van der Waals surface area (Å²) >= 11 is 5.71. The molecule has 82 valence electrons. The molecular weight excluding hydrogens is 228 g/mol. The van der Waals surface area contributed by atoms with Crippen LogP contribution in [0.4, 0.5) is 5.69 Å². The third kappa shape index (κ3) is 2.20. The Morgan fingerprint density at radius 3 is 2.88 bits per heavy atom. The molecule has 2 rings (SSSR count). The van der Waals surface area contributed by atoms with Crippen molar-refractivity contribution in [3.8, 4) is 0 Å². The fourth-order valence-electron chi connectivity index (χ4n) is 1.23. The molecule has 0 bridgehead atoms. The Labute approximate surface area is 96.8 Å². The number of pyridine rings is 1. The van der Waals surface area contributed by atoms with Crippen LogP contribution in [0.1, 0.15) is 16.2 Å². The molecule has 1 amide bonds. The third-order valence-electron chi connectivity index (χ3n) is 2.05. The van der Waals surface area contributed by atoms with E-state index >= 15 is 0 Å². The predicted octanol–water partition coefficient (Wildman–Crippen LogP) is 2.02. The van der Waals surface area contributed by atoms with Crippen LogP contribution in [0.3, 0.4) is 0 Å². The first-order valence-electron chi connectivity index (χ1n) is 4.60. The molecule has 0 aliphatic heterocycles. The normalized spacial score (nSPS) is 10.1. The Kier molecular flexibility index (Phi) is 2.87. The minimum atomic E-state index is -0.260. The van der Waals surface area contributed by atoms with Crippen molar-refractivity contribution in [1.82, 2.24) is 15.2 Å². The van der Waals surface area contributed by atoms with E-state index < -0.39 is 0 Å². The average molecular weight is 237 g/mol. The highest BCUT2D eigenvalue weighted by atomic mass is 35.5. The quantitative estimate of drug-likeness (QED) is 0.784. The van der Waals surface area contributed by atoms with Crippen LogP contribution in [0.25, 0.3) is 0 Å². The molecule has 0 atom stereocenters. The summed E-state index contributed by atoms with van der Waals surface area (Å²) in [7, 11) is 0. The van der Waals surface area contributed by atoms with E-state index in [9.17, 15) is 4.79 Å². The second-order valence-electron chi connectivity index (χ2n) is 3.19. The number of halogens is 1. The number of rotatable bonds is 2. The van der Waals surface area contributed by atoms with Gasteiger partial charge in [-0.3, -0.25) is 9.89 Å². The van der Waals surface area contributed by atoms with Crippen molar-refractivity contribution in [3.05, 3.63) is 40.9 Å². The van der Waals surface area contributed by atoms with Gasteiger partial charge in [-0.25, -0.2) is 4.98 Å². The van der Waals surface area contributed by atoms with Crippen molar-refractivity contribution >= 4 is 23.2 Å². The van der Waals surface area contributed by atoms with E-state index in [0.29, 0.717) is 22.2 Å². The van der Waals surface area contributed by atoms with Crippen molar-refractivity contribution in [2.24, 2.45) is 0 Å². The third-order valence-corrected chi connectivity index (χ3v) is 2.26. The van der Waals surface area contributed by atoms with Gasteiger partial charge in [0, 0.05) is 6.20 Å². The number of aromatic nitrogens is 3. The molecule has 0 spiro atoms. The van der Waals surface area contributed by atoms with E-state index in [1.165, 1.54) is 6.20 Å². The van der Waals surface area contributed by atoms with Gasteiger partial charge >= 0.3 is 0 Å². The number of hydrogen-bond acceptors (Lipinski definition) is 3. The second kappa shape index (κ2) is 4.32. The van der Waals surface area contributed by atoms with Crippen LogP contribution in [-0.2, 0) is 0 Å². The van der Waals surface area contributed by atoms with Gasteiger partial charge in [0.05, 0.1) is 11.4 Å². The molecule has 2 aromatic rings. The zero-order valence-electron chi connectivity index (χ0n) is 8.49. The number of hydrogen-bond donors (Lipinski definition) is 2. The summed E-state index contributed by atoms with van der Waals surface area (Å²) in [6, 6.07) is 4.92. The molecule has 0 aliphatic carbocycles. The highest BCUT2D eigenvalue weighted by molar-refractivity contribution is 6.29. The van der Waals surface area contributed by atoms with Gasteiger partial charge < -0.3 is 5.32 Å². The number of H-pyrrole nitrogens is 1. The number of anilines is 1. The van der Waals surface area contributed by atoms with E-state index in [0.717, 1.165) is 0 Å². The molecule has 5 nitrogen and oxygen atoms in total. The maximum absolute atomic E-state index is 11.7. The lowest BCUT2D eigenvalue weighted by atomic mass is 10.3. The fourth-order valence-corrected chi connectivity index (χ4v) is 1.42. The SMILES string of the molecule is Cc1nc(Cl)ccc1NC(=O)c1ccn[nH]1. The highest BCUT2D eigenvalue weighted by Crippen LogP contribution is 2.16. The lowest BCUT2D eigenvalue weighted by molar-refractivity contribution is 0.102. The standard InChI is InChI=1S/C10H9ClN4O/c1-6-7(2-3-9(11)13-6)14-10(16)8-4-5-12-15-8/h2-5H,1H3,(H,12,15)(H,14,16). The monoisotopic (exact) mass is 236 g/mol. The van der Waals surface area contributed by atoms with Crippen LogP contribution in [0, 0.1) is 6.92 Å². The summed E-state index contributed by atoms with van der Waals surface area (Å²) in [6.45, 7) is 1.77. The number of nitrogens with zero attached hydrogens (tertiary/aromatic N) is 2. The molecular formula is C10H9ClN4O. The lowest BCUT2D eigenvalue weighted by Crippen LogP contribution is -2.13. The van der Waals surface area contributed by atoms with Crippen LogP contribution in [-0.4, -0.2) is 21.1 Å². The van der Waals surface area contributed by atoms with E-state index in [1.54, 1.807) is 25.1 Å². The molecule has 2 aromatic heterocycles. The van der Waals surface area contributed by atoms with E-state index in [-0.39, 0.29) is 5.91 Å². The summed E-state index contributed by atoms with van der Waals surface area (Å²) in [5.41, 5.74) is 1.69. The van der Waals surface area contributed by atoms with Gasteiger partial charge in [0.1, 0.15) is 10.8 Å². The van der Waals surface area contributed by atoms with Crippen molar-refractivity contribution in [2.45, 2.75) is 6.92 Å². The summed E-state index contributed by atoms with van der Waals surface area (Å²) in [5.74, 6) is -0.260. The zero-order chi connectivity index (χ0) is 11.5. The molecule has 2 heterocycles. The summed E-state index contributed by atoms with van der Waals surface area (Å²) in [5, 5.41) is 9.39. The Morgan fingerprint density at radius 2 is 2.25 bits per heavy atom. The van der Waals surface area contributed by atoms with Crippen LogP contribution in [0.2, 0.25) is 5.15 Å². The molecule has 6 heteroatoms. The average Bonchev–Trinajstić information content (AvgIpc) is 2.75. The first-order chi connectivity index (χ1) is 7.66. The van der Waals surface area contributed by atoms with Crippen LogP contribution < -0.4 is 5.32 Å². The Balaban J connectivity index is 2.18. The number of amides is 1. The van der Waals surface area contributed by atoms with Crippen molar-refractivity contribution < 1.29 is 4.79 Å². The molecule has 0 saturated carbocycles. The smallest absolute Gasteiger partial charge is 0.273 e. The molecule has 0 unspecified atom stereocenters. The molecule has 0 aliphatic rings. The summed E-state index contributed by atoms with van der Waals surface area (Å²) < 4.78 is 0. The van der Waals surface area contributed by atoms with Gasteiger partial charge in [0.2, 0.25) is 0 Å². The van der Waals surface area contributed by atoms with Gasteiger partial charge in [-0.2, -0.15) is 5.10 Å². The molecule has 0 fully saturated rings. The van der Waals surface area contributed by atoms with E-state index in [2.05, 4.69) is 20.5 Å². The van der Waals surface area contributed by atoms with Crippen molar-refractivity contribution in [2.75, 3.05) is 5.32 Å². The van der Waals surface area contributed by atoms with Crippen LogP contribution >= 0.6 is 11.6 Å². The van der Waals surface area contributed by atoms with Gasteiger partial charge in [-0.1, -0.05) is 11.6 Å².